The number of nitrogens with zero attached hydrogens (tertiary/aromatic N) is 3. The van der Waals surface area contributed by atoms with E-state index in [0.717, 1.165) is 17.5 Å². The summed E-state index contributed by atoms with van der Waals surface area (Å²) in [6.45, 7) is 0.989. The first kappa shape index (κ1) is 24.6. The minimum absolute atomic E-state index is 0. The maximum atomic E-state index is 11.7. The number of aliphatic imine (C=N–C) groups is 1. The Morgan fingerprint density at radius 2 is 1.94 bits per heavy atom. The molecule has 1 aromatic heterocycles. The number of rotatable bonds is 7. The van der Waals surface area contributed by atoms with Gasteiger partial charge >= 0.3 is 0 Å². The van der Waals surface area contributed by atoms with Crippen molar-refractivity contribution in [2.75, 3.05) is 20.6 Å². The van der Waals surface area contributed by atoms with Gasteiger partial charge in [0.1, 0.15) is 0 Å². The van der Waals surface area contributed by atoms with E-state index in [1.807, 2.05) is 30.3 Å². The van der Waals surface area contributed by atoms with Crippen molar-refractivity contribution in [1.82, 2.24) is 26.1 Å². The highest BCUT2D eigenvalue weighted by molar-refractivity contribution is 14.0. The van der Waals surface area contributed by atoms with Gasteiger partial charge in [0.2, 0.25) is 11.7 Å². The van der Waals surface area contributed by atoms with Crippen molar-refractivity contribution in [3.8, 4) is 11.4 Å². The van der Waals surface area contributed by atoms with E-state index in [0.29, 0.717) is 41.4 Å². The Hall–Kier alpha value is -2.66. The minimum Gasteiger partial charge on any atom is -0.356 e. The molecule has 1 heterocycles. The van der Waals surface area contributed by atoms with Gasteiger partial charge in [-0.1, -0.05) is 28.9 Å². The van der Waals surface area contributed by atoms with Crippen LogP contribution in [0, 0.1) is 0 Å². The predicted molar refractivity (Wildman–Crippen MR) is 132 cm³/mol. The van der Waals surface area contributed by atoms with E-state index in [1.54, 1.807) is 32.3 Å². The standard InChI is InChI=1S/C21H23ClN6O2.HI/c1-23-20(29)16-5-3-4-14(12-16)10-11-25-21(24-2)26-13-18-27-19(28-30-18)15-6-8-17(22)9-7-15;/h3-9,12H,10-11,13H2,1-2H3,(H,23,29)(H2,24,25,26);1H. The molecule has 10 heteroatoms. The van der Waals surface area contributed by atoms with Crippen LogP contribution >= 0.6 is 35.6 Å². The van der Waals surface area contributed by atoms with Gasteiger partial charge in [-0.3, -0.25) is 9.79 Å². The number of hydrogen-bond acceptors (Lipinski definition) is 5. The molecule has 0 unspecified atom stereocenters. The quantitative estimate of drug-likeness (QED) is 0.235. The second kappa shape index (κ2) is 12.3. The topological polar surface area (TPSA) is 104 Å². The minimum atomic E-state index is -0.0974. The van der Waals surface area contributed by atoms with Gasteiger partial charge in [0.15, 0.2) is 5.96 Å². The third-order valence-electron chi connectivity index (χ3n) is 4.32. The number of carbonyl (C=O) groups excluding carboxylic acids is 1. The fraction of sp³-hybridized carbons (Fsp3) is 0.238. The van der Waals surface area contributed by atoms with Crippen molar-refractivity contribution >= 4 is 47.4 Å². The van der Waals surface area contributed by atoms with Gasteiger partial charge in [-0.05, 0) is 48.4 Å². The molecule has 0 fully saturated rings. The van der Waals surface area contributed by atoms with E-state index in [2.05, 4.69) is 31.1 Å². The second-order valence-electron chi connectivity index (χ2n) is 6.40. The summed E-state index contributed by atoms with van der Waals surface area (Å²) in [4.78, 5) is 20.3. The molecule has 0 spiro atoms. The monoisotopic (exact) mass is 554 g/mol. The predicted octanol–water partition coefficient (Wildman–Crippen LogP) is 3.28. The first-order valence-electron chi connectivity index (χ1n) is 9.43. The highest BCUT2D eigenvalue weighted by atomic mass is 127. The number of nitrogens with one attached hydrogen (secondary N) is 3. The smallest absolute Gasteiger partial charge is 0.251 e. The Morgan fingerprint density at radius 3 is 2.65 bits per heavy atom. The molecule has 0 atom stereocenters. The third kappa shape index (κ3) is 7.21. The second-order valence-corrected chi connectivity index (χ2v) is 6.84. The first-order valence-corrected chi connectivity index (χ1v) is 9.81. The number of benzene rings is 2. The molecule has 8 nitrogen and oxygen atoms in total. The van der Waals surface area contributed by atoms with Crippen molar-refractivity contribution in [3.63, 3.8) is 0 Å². The van der Waals surface area contributed by atoms with Gasteiger partial charge in [-0.15, -0.1) is 24.0 Å². The summed E-state index contributed by atoms with van der Waals surface area (Å²) in [6.07, 6.45) is 0.743. The molecule has 0 saturated carbocycles. The van der Waals surface area contributed by atoms with Crippen molar-refractivity contribution in [2.24, 2.45) is 4.99 Å². The third-order valence-corrected chi connectivity index (χ3v) is 4.58. The molecule has 2 aromatic carbocycles. The molecule has 3 N–H and O–H groups in total. The van der Waals surface area contributed by atoms with Gasteiger partial charge in [-0.2, -0.15) is 4.98 Å². The number of aromatic nitrogens is 2. The molecule has 1 amide bonds. The number of carbonyl (C=O) groups is 1. The zero-order valence-corrected chi connectivity index (χ0v) is 20.3. The van der Waals surface area contributed by atoms with E-state index < -0.39 is 0 Å². The Kier molecular flexibility index (Phi) is 9.73. The van der Waals surface area contributed by atoms with Crippen LogP contribution < -0.4 is 16.0 Å². The van der Waals surface area contributed by atoms with Crippen LogP contribution in [0.4, 0.5) is 0 Å². The number of guanidine groups is 1. The summed E-state index contributed by atoms with van der Waals surface area (Å²) < 4.78 is 5.29. The van der Waals surface area contributed by atoms with Gasteiger partial charge in [-0.25, -0.2) is 0 Å². The lowest BCUT2D eigenvalue weighted by atomic mass is 10.1. The Balaban J connectivity index is 0.00000341. The van der Waals surface area contributed by atoms with Crippen LogP contribution in [-0.4, -0.2) is 42.6 Å². The van der Waals surface area contributed by atoms with Crippen LogP contribution in [0.3, 0.4) is 0 Å². The van der Waals surface area contributed by atoms with Gasteiger partial charge < -0.3 is 20.5 Å². The van der Waals surface area contributed by atoms with Crippen LogP contribution in [0.5, 0.6) is 0 Å². The van der Waals surface area contributed by atoms with Crippen LogP contribution in [0.2, 0.25) is 5.02 Å². The van der Waals surface area contributed by atoms with Crippen LogP contribution in [0.25, 0.3) is 11.4 Å². The molecular formula is C21H24ClIN6O2. The van der Waals surface area contributed by atoms with E-state index in [4.69, 9.17) is 16.1 Å². The van der Waals surface area contributed by atoms with Crippen molar-refractivity contribution < 1.29 is 9.32 Å². The first-order chi connectivity index (χ1) is 14.6. The fourth-order valence-corrected chi connectivity index (χ4v) is 2.89. The Bertz CT molecular complexity index is 1020. The molecule has 31 heavy (non-hydrogen) atoms. The fourth-order valence-electron chi connectivity index (χ4n) is 2.76. The normalized spacial score (nSPS) is 10.9. The lowest BCUT2D eigenvalue weighted by Gasteiger charge is -2.10. The summed E-state index contributed by atoms with van der Waals surface area (Å²) >= 11 is 5.90. The summed E-state index contributed by atoms with van der Waals surface area (Å²) in [5.74, 6) is 1.46. The van der Waals surface area contributed by atoms with Gasteiger partial charge in [0.25, 0.3) is 5.91 Å². The Morgan fingerprint density at radius 1 is 1.16 bits per heavy atom. The number of amides is 1. The molecule has 0 aliphatic rings. The molecule has 0 bridgehead atoms. The number of halogens is 2. The van der Waals surface area contributed by atoms with Crippen molar-refractivity contribution in [2.45, 2.75) is 13.0 Å². The summed E-state index contributed by atoms with van der Waals surface area (Å²) in [7, 11) is 3.31. The maximum absolute atomic E-state index is 11.7. The summed E-state index contributed by atoms with van der Waals surface area (Å²) in [5.41, 5.74) is 2.53. The average molecular weight is 555 g/mol. The maximum Gasteiger partial charge on any atom is 0.251 e. The van der Waals surface area contributed by atoms with E-state index in [1.165, 1.54) is 0 Å². The highest BCUT2D eigenvalue weighted by Crippen LogP contribution is 2.18. The zero-order chi connectivity index (χ0) is 21.3. The summed E-state index contributed by atoms with van der Waals surface area (Å²) in [5, 5.41) is 13.6. The molecular weight excluding hydrogens is 531 g/mol. The van der Waals surface area contributed by atoms with E-state index >= 15 is 0 Å². The lowest BCUT2D eigenvalue weighted by molar-refractivity contribution is 0.0963. The van der Waals surface area contributed by atoms with E-state index in [9.17, 15) is 4.79 Å². The van der Waals surface area contributed by atoms with Crippen LogP contribution in [0.1, 0.15) is 21.8 Å². The van der Waals surface area contributed by atoms with Crippen LogP contribution in [-0.2, 0) is 13.0 Å². The van der Waals surface area contributed by atoms with Gasteiger partial charge in [0, 0.05) is 36.8 Å². The highest BCUT2D eigenvalue weighted by Gasteiger charge is 2.09. The molecule has 3 aromatic rings. The van der Waals surface area contributed by atoms with Crippen LogP contribution in [0.15, 0.2) is 58.0 Å². The van der Waals surface area contributed by atoms with Crippen molar-refractivity contribution in [1.29, 1.82) is 0 Å². The molecule has 164 valence electrons. The summed E-state index contributed by atoms with van der Waals surface area (Å²) in [6, 6.07) is 14.8. The average Bonchev–Trinajstić information content (AvgIpc) is 3.25. The van der Waals surface area contributed by atoms with Gasteiger partial charge in [0.05, 0.1) is 6.54 Å². The molecule has 0 aliphatic carbocycles. The molecule has 0 radical (unpaired) electrons. The van der Waals surface area contributed by atoms with E-state index in [-0.39, 0.29) is 29.9 Å². The molecule has 3 rings (SSSR count). The largest absolute Gasteiger partial charge is 0.356 e. The molecule has 0 aliphatic heterocycles. The SMILES string of the molecule is CN=C(NCCc1cccc(C(=O)NC)c1)NCc1nc(-c2ccc(Cl)cc2)no1.I. The molecule has 0 saturated heterocycles. The number of hydrogen-bond donors (Lipinski definition) is 3. The Labute approximate surface area is 202 Å². The lowest BCUT2D eigenvalue weighted by Crippen LogP contribution is -2.37. The van der Waals surface area contributed by atoms with Crippen molar-refractivity contribution in [3.05, 3.63) is 70.6 Å². The zero-order valence-electron chi connectivity index (χ0n) is 17.2.